The number of benzene rings is 2. The Morgan fingerprint density at radius 1 is 1.26 bits per heavy atom. The van der Waals surface area contributed by atoms with E-state index in [4.69, 9.17) is 11.6 Å². The van der Waals surface area contributed by atoms with Crippen molar-refractivity contribution in [3.8, 4) is 0 Å². The minimum absolute atomic E-state index is 0.380. The molecule has 1 unspecified atom stereocenters. The molecule has 2 aromatic carbocycles. The number of hydrogen-bond acceptors (Lipinski definition) is 1. The highest BCUT2D eigenvalue weighted by molar-refractivity contribution is 9.10. The third kappa shape index (κ3) is 2.52. The van der Waals surface area contributed by atoms with E-state index in [0.29, 0.717) is 6.04 Å². The first kappa shape index (κ1) is 13.0. The van der Waals surface area contributed by atoms with Crippen molar-refractivity contribution in [2.24, 2.45) is 0 Å². The second-order valence-corrected chi connectivity index (χ2v) is 6.24. The molecule has 0 saturated heterocycles. The molecular formula is C16H15BrClN. The van der Waals surface area contributed by atoms with Crippen molar-refractivity contribution in [1.82, 2.24) is 0 Å². The van der Waals surface area contributed by atoms with E-state index < -0.39 is 0 Å². The zero-order valence-corrected chi connectivity index (χ0v) is 13.1. The summed E-state index contributed by atoms with van der Waals surface area (Å²) in [6.07, 6.45) is 2.22. The lowest BCUT2D eigenvalue weighted by Gasteiger charge is -2.17. The third-order valence-electron chi connectivity index (χ3n) is 3.70. The minimum atomic E-state index is 0.380. The fourth-order valence-electron chi connectivity index (χ4n) is 2.68. The Kier molecular flexibility index (Phi) is 3.55. The molecule has 3 rings (SSSR count). The molecule has 0 bridgehead atoms. The van der Waals surface area contributed by atoms with Crippen LogP contribution in [-0.2, 0) is 6.42 Å². The maximum Gasteiger partial charge on any atom is 0.0520 e. The standard InChI is InChI=1S/C16H15BrClN/c1-10-3-2-4-15(16(10)17)19-14-8-5-11-9-12(18)6-7-13(11)14/h2-4,6-7,9,14,19H,5,8H2,1H3. The maximum absolute atomic E-state index is 6.05. The van der Waals surface area contributed by atoms with Crippen molar-refractivity contribution in [3.63, 3.8) is 0 Å². The van der Waals surface area contributed by atoms with Gasteiger partial charge in [0.25, 0.3) is 0 Å². The summed E-state index contributed by atoms with van der Waals surface area (Å²) in [5.74, 6) is 0. The van der Waals surface area contributed by atoms with Gasteiger partial charge in [-0.15, -0.1) is 0 Å². The van der Waals surface area contributed by atoms with E-state index in [1.54, 1.807) is 0 Å². The van der Waals surface area contributed by atoms with Gasteiger partial charge in [-0.25, -0.2) is 0 Å². The zero-order valence-electron chi connectivity index (χ0n) is 10.7. The summed E-state index contributed by atoms with van der Waals surface area (Å²) in [4.78, 5) is 0. The molecule has 0 radical (unpaired) electrons. The smallest absolute Gasteiger partial charge is 0.0520 e. The Morgan fingerprint density at radius 2 is 2.11 bits per heavy atom. The predicted octanol–water partition coefficient (Wildman–Crippen LogP) is 5.51. The summed E-state index contributed by atoms with van der Waals surface area (Å²) in [5, 5.41) is 4.47. The van der Waals surface area contributed by atoms with Crippen LogP contribution in [0.5, 0.6) is 0 Å². The monoisotopic (exact) mass is 335 g/mol. The van der Waals surface area contributed by atoms with E-state index >= 15 is 0 Å². The molecule has 1 nitrogen and oxygen atoms in total. The number of halogens is 2. The average molecular weight is 337 g/mol. The summed E-state index contributed by atoms with van der Waals surface area (Å²) < 4.78 is 1.15. The van der Waals surface area contributed by atoms with Gasteiger partial charge in [0.05, 0.1) is 6.04 Å². The third-order valence-corrected chi connectivity index (χ3v) is 4.99. The molecule has 0 aromatic heterocycles. The topological polar surface area (TPSA) is 12.0 Å². The molecule has 0 saturated carbocycles. The number of rotatable bonds is 2. The van der Waals surface area contributed by atoms with Crippen LogP contribution in [0.2, 0.25) is 5.02 Å². The Labute approximate surface area is 127 Å². The molecule has 1 atom stereocenters. The Balaban J connectivity index is 1.89. The normalized spacial score (nSPS) is 17.3. The largest absolute Gasteiger partial charge is 0.377 e. The first-order chi connectivity index (χ1) is 9.15. The Morgan fingerprint density at radius 3 is 2.95 bits per heavy atom. The predicted molar refractivity (Wildman–Crippen MR) is 85.0 cm³/mol. The molecule has 0 spiro atoms. The van der Waals surface area contributed by atoms with Gasteiger partial charge >= 0.3 is 0 Å². The quantitative estimate of drug-likeness (QED) is 0.762. The number of aryl methyl sites for hydroxylation is 2. The van der Waals surface area contributed by atoms with Gasteiger partial charge in [0.1, 0.15) is 0 Å². The second kappa shape index (κ2) is 5.18. The maximum atomic E-state index is 6.05. The van der Waals surface area contributed by atoms with Gasteiger partial charge in [0.15, 0.2) is 0 Å². The lowest BCUT2D eigenvalue weighted by molar-refractivity contribution is 0.761. The highest BCUT2D eigenvalue weighted by Crippen LogP contribution is 2.37. The van der Waals surface area contributed by atoms with Gasteiger partial charge in [-0.3, -0.25) is 0 Å². The molecule has 0 aliphatic heterocycles. The summed E-state index contributed by atoms with van der Waals surface area (Å²) in [5.41, 5.74) is 5.15. The molecule has 3 heteroatoms. The van der Waals surface area contributed by atoms with Crippen molar-refractivity contribution in [1.29, 1.82) is 0 Å². The highest BCUT2D eigenvalue weighted by Gasteiger charge is 2.22. The number of hydrogen-bond donors (Lipinski definition) is 1. The molecule has 98 valence electrons. The van der Waals surface area contributed by atoms with E-state index in [1.807, 2.05) is 6.07 Å². The molecule has 0 amide bonds. The van der Waals surface area contributed by atoms with Gasteiger partial charge in [0, 0.05) is 15.2 Å². The van der Waals surface area contributed by atoms with Crippen LogP contribution in [-0.4, -0.2) is 0 Å². The van der Waals surface area contributed by atoms with Gasteiger partial charge < -0.3 is 5.32 Å². The molecule has 19 heavy (non-hydrogen) atoms. The SMILES string of the molecule is Cc1cccc(NC2CCc3cc(Cl)ccc32)c1Br. The molecule has 0 fully saturated rings. The van der Waals surface area contributed by atoms with E-state index in [-0.39, 0.29) is 0 Å². The van der Waals surface area contributed by atoms with Crippen molar-refractivity contribution in [2.75, 3.05) is 5.32 Å². The summed E-state index contributed by atoms with van der Waals surface area (Å²) in [6.45, 7) is 2.11. The second-order valence-electron chi connectivity index (χ2n) is 5.02. The lowest BCUT2D eigenvalue weighted by atomic mass is 10.1. The fourth-order valence-corrected chi connectivity index (χ4v) is 3.26. The van der Waals surface area contributed by atoms with Gasteiger partial charge in [-0.2, -0.15) is 0 Å². The van der Waals surface area contributed by atoms with Crippen molar-refractivity contribution >= 4 is 33.2 Å². The molecule has 1 aliphatic carbocycles. The van der Waals surface area contributed by atoms with Crippen LogP contribution in [0.3, 0.4) is 0 Å². The van der Waals surface area contributed by atoms with Crippen molar-refractivity contribution < 1.29 is 0 Å². The van der Waals surface area contributed by atoms with Gasteiger partial charge in [0.2, 0.25) is 0 Å². The van der Waals surface area contributed by atoms with Crippen LogP contribution < -0.4 is 5.32 Å². The van der Waals surface area contributed by atoms with E-state index in [9.17, 15) is 0 Å². The Bertz CT molecular complexity index is 624. The van der Waals surface area contributed by atoms with E-state index in [0.717, 1.165) is 28.0 Å². The Hall–Kier alpha value is -0.990. The van der Waals surface area contributed by atoms with Crippen molar-refractivity contribution in [2.45, 2.75) is 25.8 Å². The van der Waals surface area contributed by atoms with Crippen LogP contribution >= 0.6 is 27.5 Å². The van der Waals surface area contributed by atoms with Crippen LogP contribution in [0.15, 0.2) is 40.9 Å². The zero-order chi connectivity index (χ0) is 13.4. The minimum Gasteiger partial charge on any atom is -0.377 e. The van der Waals surface area contributed by atoms with Crippen LogP contribution in [0, 0.1) is 6.92 Å². The number of anilines is 1. The lowest BCUT2D eigenvalue weighted by Crippen LogP contribution is -2.07. The van der Waals surface area contributed by atoms with Crippen LogP contribution in [0.1, 0.15) is 29.2 Å². The number of nitrogens with one attached hydrogen (secondary N) is 1. The fraction of sp³-hybridized carbons (Fsp3) is 0.250. The van der Waals surface area contributed by atoms with Crippen LogP contribution in [0.4, 0.5) is 5.69 Å². The highest BCUT2D eigenvalue weighted by atomic mass is 79.9. The van der Waals surface area contributed by atoms with Gasteiger partial charge in [-0.1, -0.05) is 29.8 Å². The summed E-state index contributed by atoms with van der Waals surface area (Å²) >= 11 is 9.70. The van der Waals surface area contributed by atoms with Crippen LogP contribution in [0.25, 0.3) is 0 Å². The molecular weight excluding hydrogens is 322 g/mol. The molecule has 1 aliphatic rings. The first-order valence-electron chi connectivity index (χ1n) is 6.45. The van der Waals surface area contributed by atoms with Crippen molar-refractivity contribution in [3.05, 3.63) is 62.6 Å². The summed E-state index contributed by atoms with van der Waals surface area (Å²) in [6, 6.07) is 12.9. The van der Waals surface area contributed by atoms with E-state index in [1.165, 1.54) is 16.7 Å². The molecule has 0 heterocycles. The number of fused-ring (bicyclic) bond motifs is 1. The average Bonchev–Trinajstić information content (AvgIpc) is 2.77. The molecule has 1 N–H and O–H groups in total. The van der Waals surface area contributed by atoms with E-state index in [2.05, 4.69) is 58.5 Å². The molecule has 2 aromatic rings. The summed E-state index contributed by atoms with van der Waals surface area (Å²) in [7, 11) is 0. The first-order valence-corrected chi connectivity index (χ1v) is 7.62. The van der Waals surface area contributed by atoms with Gasteiger partial charge in [-0.05, 0) is 70.6 Å².